The van der Waals surface area contributed by atoms with Crippen molar-refractivity contribution in [3.8, 4) is 11.3 Å². The zero-order valence-corrected chi connectivity index (χ0v) is 12.5. The lowest BCUT2D eigenvalue weighted by atomic mass is 10.1. The minimum atomic E-state index is 0.386. The molecule has 5 nitrogen and oxygen atoms in total. The maximum Gasteiger partial charge on any atom is 0.0732 e. The summed E-state index contributed by atoms with van der Waals surface area (Å²) < 4.78 is 5.45. The molecular formula is C17H18N4O. The number of aryl methyl sites for hydroxylation is 1. The second-order valence-electron chi connectivity index (χ2n) is 5.72. The van der Waals surface area contributed by atoms with Crippen LogP contribution < -0.4 is 5.32 Å². The minimum absolute atomic E-state index is 0.386. The normalized spacial score (nSPS) is 18.0. The lowest BCUT2D eigenvalue weighted by molar-refractivity contribution is 0.195. The van der Waals surface area contributed by atoms with Crippen molar-refractivity contribution < 1.29 is 4.74 Å². The third-order valence-corrected chi connectivity index (χ3v) is 4.04. The van der Waals surface area contributed by atoms with E-state index in [-0.39, 0.29) is 0 Å². The number of benzene rings is 1. The molecule has 1 aliphatic rings. The van der Waals surface area contributed by atoms with Gasteiger partial charge in [-0.2, -0.15) is 5.10 Å². The Bertz CT molecular complexity index is 792. The molecule has 112 valence electrons. The van der Waals surface area contributed by atoms with Crippen LogP contribution in [0.4, 0.5) is 5.69 Å². The quantitative estimate of drug-likeness (QED) is 0.779. The fourth-order valence-electron chi connectivity index (χ4n) is 2.93. The first-order valence-electron chi connectivity index (χ1n) is 7.55. The molecule has 0 saturated carbocycles. The third kappa shape index (κ3) is 2.44. The molecule has 1 aliphatic heterocycles. The number of anilines is 1. The summed E-state index contributed by atoms with van der Waals surface area (Å²) in [6.45, 7) is 3.64. The number of fused-ring (bicyclic) bond motifs is 1. The molecule has 2 N–H and O–H groups in total. The van der Waals surface area contributed by atoms with E-state index in [4.69, 9.17) is 4.74 Å². The molecule has 0 aliphatic carbocycles. The molecule has 5 heteroatoms. The van der Waals surface area contributed by atoms with Crippen LogP contribution in [0, 0.1) is 6.92 Å². The van der Waals surface area contributed by atoms with Crippen molar-refractivity contribution >= 4 is 16.6 Å². The van der Waals surface area contributed by atoms with E-state index in [1.807, 2.05) is 13.0 Å². The van der Waals surface area contributed by atoms with Crippen LogP contribution in [0.15, 0.2) is 36.5 Å². The summed E-state index contributed by atoms with van der Waals surface area (Å²) in [5.74, 6) is 0. The van der Waals surface area contributed by atoms with E-state index in [1.165, 1.54) is 0 Å². The molecule has 4 rings (SSSR count). The number of aromatic nitrogens is 3. The zero-order valence-electron chi connectivity index (χ0n) is 12.5. The van der Waals surface area contributed by atoms with E-state index in [9.17, 15) is 0 Å². The topological polar surface area (TPSA) is 62.8 Å². The Labute approximate surface area is 128 Å². The van der Waals surface area contributed by atoms with Crippen LogP contribution >= 0.6 is 0 Å². The van der Waals surface area contributed by atoms with Crippen LogP contribution in [0.5, 0.6) is 0 Å². The number of rotatable bonds is 3. The molecule has 0 spiro atoms. The van der Waals surface area contributed by atoms with Gasteiger partial charge in [0, 0.05) is 35.1 Å². The molecule has 1 aromatic carbocycles. The largest absolute Gasteiger partial charge is 0.379 e. The average Bonchev–Trinajstić information content (AvgIpc) is 3.20. The summed E-state index contributed by atoms with van der Waals surface area (Å²) >= 11 is 0. The van der Waals surface area contributed by atoms with E-state index in [0.29, 0.717) is 6.04 Å². The van der Waals surface area contributed by atoms with Gasteiger partial charge in [-0.15, -0.1) is 0 Å². The molecule has 22 heavy (non-hydrogen) atoms. The number of H-pyrrole nitrogens is 1. The van der Waals surface area contributed by atoms with E-state index < -0.39 is 0 Å². The molecule has 2 aromatic heterocycles. The summed E-state index contributed by atoms with van der Waals surface area (Å²) in [5, 5.41) is 11.7. The number of hydrogen-bond acceptors (Lipinski definition) is 4. The Hall–Kier alpha value is -2.40. The summed E-state index contributed by atoms with van der Waals surface area (Å²) in [5.41, 5.74) is 5.24. The summed E-state index contributed by atoms with van der Waals surface area (Å²) in [6, 6.07) is 10.8. The molecule has 0 radical (unpaired) electrons. The molecule has 1 fully saturated rings. The third-order valence-electron chi connectivity index (χ3n) is 4.04. The summed E-state index contributed by atoms with van der Waals surface area (Å²) in [4.78, 5) is 4.68. The molecular weight excluding hydrogens is 276 g/mol. The summed E-state index contributed by atoms with van der Waals surface area (Å²) in [6.07, 6.45) is 2.81. The molecule has 3 heterocycles. The molecule has 0 bridgehead atoms. The molecule has 3 aromatic rings. The van der Waals surface area contributed by atoms with Gasteiger partial charge in [0.05, 0.1) is 23.9 Å². The van der Waals surface area contributed by atoms with Crippen molar-refractivity contribution in [1.29, 1.82) is 0 Å². The Morgan fingerprint density at radius 2 is 2.23 bits per heavy atom. The van der Waals surface area contributed by atoms with Gasteiger partial charge < -0.3 is 10.1 Å². The maximum atomic E-state index is 5.45. The number of ether oxygens (including phenoxy) is 1. The highest BCUT2D eigenvalue weighted by Gasteiger charge is 2.16. The predicted molar refractivity (Wildman–Crippen MR) is 86.9 cm³/mol. The number of nitrogens with one attached hydrogen (secondary N) is 2. The number of pyridine rings is 1. The molecule has 1 saturated heterocycles. The summed E-state index contributed by atoms with van der Waals surface area (Å²) in [7, 11) is 0. The fourth-order valence-corrected chi connectivity index (χ4v) is 2.93. The fraction of sp³-hybridized carbons (Fsp3) is 0.294. The van der Waals surface area contributed by atoms with Crippen molar-refractivity contribution in [3.05, 3.63) is 42.2 Å². The second kappa shape index (κ2) is 5.42. The van der Waals surface area contributed by atoms with E-state index >= 15 is 0 Å². The van der Waals surface area contributed by atoms with Crippen LogP contribution in [-0.4, -0.2) is 34.4 Å². The van der Waals surface area contributed by atoms with Crippen LogP contribution in [0.2, 0.25) is 0 Å². The van der Waals surface area contributed by atoms with Crippen molar-refractivity contribution in [2.45, 2.75) is 19.4 Å². The Morgan fingerprint density at radius 3 is 3.00 bits per heavy atom. The maximum absolute atomic E-state index is 5.45. The van der Waals surface area contributed by atoms with Gasteiger partial charge in [0.15, 0.2) is 0 Å². The lowest BCUT2D eigenvalue weighted by Crippen LogP contribution is -2.19. The van der Waals surface area contributed by atoms with Crippen LogP contribution in [0.1, 0.15) is 12.1 Å². The van der Waals surface area contributed by atoms with Gasteiger partial charge in [0.1, 0.15) is 0 Å². The molecule has 0 amide bonds. The van der Waals surface area contributed by atoms with E-state index in [1.54, 1.807) is 6.20 Å². The van der Waals surface area contributed by atoms with Gasteiger partial charge in [-0.25, -0.2) is 0 Å². The number of hydrogen-bond donors (Lipinski definition) is 2. The highest BCUT2D eigenvalue weighted by atomic mass is 16.5. The molecule has 1 unspecified atom stereocenters. The van der Waals surface area contributed by atoms with E-state index in [0.717, 1.165) is 53.2 Å². The van der Waals surface area contributed by atoms with Crippen molar-refractivity contribution in [1.82, 2.24) is 15.2 Å². The van der Waals surface area contributed by atoms with Crippen molar-refractivity contribution in [3.63, 3.8) is 0 Å². The lowest BCUT2D eigenvalue weighted by Gasteiger charge is -2.15. The standard InChI is InChI=1S/C17H18N4O/c1-11-8-16(20-13-5-7-22-10-13)14-3-2-12(9-17(14)19-11)15-4-6-18-21-15/h2-4,6,8-9,13H,5,7,10H2,1H3,(H,18,21)(H,19,20). The number of nitrogens with zero attached hydrogens (tertiary/aromatic N) is 2. The smallest absolute Gasteiger partial charge is 0.0732 e. The SMILES string of the molecule is Cc1cc(NC2CCOC2)c2ccc(-c3ccn[nH]3)cc2n1. The Kier molecular flexibility index (Phi) is 3.27. The van der Waals surface area contributed by atoms with Gasteiger partial charge in [-0.3, -0.25) is 10.1 Å². The van der Waals surface area contributed by atoms with Gasteiger partial charge in [-0.1, -0.05) is 12.1 Å². The predicted octanol–water partition coefficient (Wildman–Crippen LogP) is 3.13. The molecule has 1 atom stereocenters. The first kappa shape index (κ1) is 13.3. The van der Waals surface area contributed by atoms with Crippen LogP contribution in [-0.2, 0) is 4.74 Å². The van der Waals surface area contributed by atoms with Gasteiger partial charge in [0.25, 0.3) is 0 Å². The first-order valence-corrected chi connectivity index (χ1v) is 7.55. The van der Waals surface area contributed by atoms with Crippen molar-refractivity contribution in [2.75, 3.05) is 18.5 Å². The van der Waals surface area contributed by atoms with Gasteiger partial charge in [0.2, 0.25) is 0 Å². The van der Waals surface area contributed by atoms with E-state index in [2.05, 4.69) is 44.8 Å². The highest BCUT2D eigenvalue weighted by Crippen LogP contribution is 2.28. The average molecular weight is 294 g/mol. The second-order valence-corrected chi connectivity index (χ2v) is 5.72. The van der Waals surface area contributed by atoms with Crippen molar-refractivity contribution in [2.24, 2.45) is 0 Å². The monoisotopic (exact) mass is 294 g/mol. The van der Waals surface area contributed by atoms with Gasteiger partial charge in [-0.05, 0) is 31.5 Å². The zero-order chi connectivity index (χ0) is 14.9. The van der Waals surface area contributed by atoms with Crippen LogP contribution in [0.3, 0.4) is 0 Å². The van der Waals surface area contributed by atoms with Crippen LogP contribution in [0.25, 0.3) is 22.2 Å². The highest BCUT2D eigenvalue weighted by molar-refractivity contribution is 5.94. The van der Waals surface area contributed by atoms with Gasteiger partial charge >= 0.3 is 0 Å². The minimum Gasteiger partial charge on any atom is -0.379 e. The Balaban J connectivity index is 1.77. The Morgan fingerprint density at radius 1 is 1.27 bits per heavy atom. The number of aromatic amines is 1. The first-order chi connectivity index (χ1) is 10.8.